The van der Waals surface area contributed by atoms with E-state index in [0.29, 0.717) is 6.61 Å². The third kappa shape index (κ3) is 2.96. The Morgan fingerprint density at radius 2 is 2.27 bits per heavy atom. The summed E-state index contributed by atoms with van der Waals surface area (Å²) in [5.74, 6) is 3.95. The molecule has 11 heavy (non-hydrogen) atoms. The van der Waals surface area contributed by atoms with Crippen molar-refractivity contribution in [1.29, 1.82) is 0 Å². The Hall–Kier alpha value is 0.180. The van der Waals surface area contributed by atoms with Crippen molar-refractivity contribution >= 4 is 21.6 Å². The first-order valence-corrected chi connectivity index (χ1v) is 5.81. The van der Waals surface area contributed by atoms with E-state index in [2.05, 4.69) is 5.92 Å². The number of aliphatic hydroxyl groups excluding tert-OH is 1. The van der Waals surface area contributed by atoms with E-state index in [1.54, 1.807) is 21.6 Å². The van der Waals surface area contributed by atoms with E-state index >= 15 is 0 Å². The second kappa shape index (κ2) is 4.94. The van der Waals surface area contributed by atoms with Gasteiger partial charge in [0.2, 0.25) is 0 Å². The van der Waals surface area contributed by atoms with Crippen LogP contribution < -0.4 is 0 Å². The molecule has 0 unspecified atom stereocenters. The minimum atomic E-state index is -0.352. The molecule has 0 aliphatic carbocycles. The minimum absolute atomic E-state index is 0.0719. The van der Waals surface area contributed by atoms with Gasteiger partial charge in [-0.05, 0) is 0 Å². The summed E-state index contributed by atoms with van der Waals surface area (Å²) in [6, 6.07) is 0. The smallest absolute Gasteiger partial charge is 0.108 e. The van der Waals surface area contributed by atoms with Crippen LogP contribution in [-0.2, 0) is 4.74 Å². The highest BCUT2D eigenvalue weighted by Gasteiger charge is 2.24. The maximum atomic E-state index is 9.37. The van der Waals surface area contributed by atoms with Gasteiger partial charge in [0.15, 0.2) is 0 Å². The zero-order valence-corrected chi connectivity index (χ0v) is 7.66. The third-order valence-corrected chi connectivity index (χ3v) is 3.79. The number of hydrogen-bond donors (Lipinski definition) is 1. The molecule has 0 aromatic rings. The lowest BCUT2D eigenvalue weighted by Gasteiger charge is -2.25. The number of rotatable bonds is 2. The molecule has 0 bridgehead atoms. The predicted molar refractivity (Wildman–Crippen MR) is 49.5 cm³/mol. The predicted octanol–water partition coefficient (Wildman–Crippen LogP) is 0.761. The van der Waals surface area contributed by atoms with Gasteiger partial charge < -0.3 is 9.84 Å². The molecule has 62 valence electrons. The molecule has 0 radical (unpaired) electrons. The molecule has 0 spiro atoms. The SMILES string of the molecule is C#CCO[C@@H]1CSSC[C@@H]1O. The average Bonchev–Trinajstić information content (AvgIpc) is 2.03. The van der Waals surface area contributed by atoms with Crippen LogP contribution in [-0.4, -0.2) is 35.4 Å². The number of hydrogen-bond acceptors (Lipinski definition) is 4. The topological polar surface area (TPSA) is 29.5 Å². The molecule has 1 saturated heterocycles. The monoisotopic (exact) mass is 190 g/mol. The van der Waals surface area contributed by atoms with Gasteiger partial charge in [0.25, 0.3) is 0 Å². The second-order valence-electron chi connectivity index (χ2n) is 2.19. The first-order chi connectivity index (χ1) is 5.34. The molecule has 0 aromatic heterocycles. The molecule has 2 nitrogen and oxygen atoms in total. The van der Waals surface area contributed by atoms with Crippen LogP contribution >= 0.6 is 21.6 Å². The van der Waals surface area contributed by atoms with Crippen molar-refractivity contribution in [2.45, 2.75) is 12.2 Å². The molecule has 0 aromatic carbocycles. The molecule has 4 heteroatoms. The summed E-state index contributed by atoms with van der Waals surface area (Å²) in [7, 11) is 3.40. The molecular weight excluding hydrogens is 180 g/mol. The lowest BCUT2D eigenvalue weighted by atomic mass is 10.2. The Morgan fingerprint density at radius 1 is 1.55 bits per heavy atom. The van der Waals surface area contributed by atoms with Crippen molar-refractivity contribution in [3.63, 3.8) is 0 Å². The van der Waals surface area contributed by atoms with Crippen LogP contribution in [0.5, 0.6) is 0 Å². The van der Waals surface area contributed by atoms with Crippen LogP contribution in [0.4, 0.5) is 0 Å². The van der Waals surface area contributed by atoms with Crippen molar-refractivity contribution in [1.82, 2.24) is 0 Å². The maximum Gasteiger partial charge on any atom is 0.108 e. The Morgan fingerprint density at radius 3 is 2.91 bits per heavy atom. The minimum Gasteiger partial charge on any atom is -0.389 e. The van der Waals surface area contributed by atoms with E-state index in [1.807, 2.05) is 0 Å². The van der Waals surface area contributed by atoms with E-state index in [-0.39, 0.29) is 12.2 Å². The van der Waals surface area contributed by atoms with Gasteiger partial charge in [0.1, 0.15) is 6.61 Å². The zero-order chi connectivity index (χ0) is 8.10. The number of terminal acetylenes is 1. The van der Waals surface area contributed by atoms with E-state index in [4.69, 9.17) is 11.2 Å². The van der Waals surface area contributed by atoms with E-state index in [9.17, 15) is 5.11 Å². The second-order valence-corrected chi connectivity index (χ2v) is 4.74. The summed E-state index contributed by atoms with van der Waals surface area (Å²) >= 11 is 0. The maximum absolute atomic E-state index is 9.37. The highest BCUT2D eigenvalue weighted by atomic mass is 33.1. The largest absolute Gasteiger partial charge is 0.389 e. The van der Waals surface area contributed by atoms with Gasteiger partial charge in [-0.15, -0.1) is 6.42 Å². The fourth-order valence-corrected chi connectivity index (χ4v) is 3.16. The van der Waals surface area contributed by atoms with Gasteiger partial charge >= 0.3 is 0 Å². The first-order valence-electron chi connectivity index (χ1n) is 3.32. The Bertz CT molecular complexity index is 155. The number of aliphatic hydroxyl groups is 1. The highest BCUT2D eigenvalue weighted by Crippen LogP contribution is 2.30. The fraction of sp³-hybridized carbons (Fsp3) is 0.714. The van der Waals surface area contributed by atoms with Crippen LogP contribution in [0.25, 0.3) is 0 Å². The number of ether oxygens (including phenoxy) is 1. The molecule has 0 saturated carbocycles. The highest BCUT2D eigenvalue weighted by molar-refractivity contribution is 8.76. The summed E-state index contributed by atoms with van der Waals surface area (Å²) in [6.07, 6.45) is 4.60. The molecule has 2 atom stereocenters. The Balaban J connectivity index is 2.25. The van der Waals surface area contributed by atoms with Crippen LogP contribution in [0, 0.1) is 12.3 Å². The molecule has 1 fully saturated rings. The lowest BCUT2D eigenvalue weighted by molar-refractivity contribution is 0.000827. The van der Waals surface area contributed by atoms with Crippen molar-refractivity contribution in [2.24, 2.45) is 0 Å². The van der Waals surface area contributed by atoms with Gasteiger partial charge in [-0.1, -0.05) is 27.5 Å². The summed E-state index contributed by atoms with van der Waals surface area (Å²) in [5, 5.41) is 9.37. The van der Waals surface area contributed by atoms with Crippen LogP contribution in [0.1, 0.15) is 0 Å². The molecule has 1 aliphatic heterocycles. The quantitative estimate of drug-likeness (QED) is 0.514. The standard InChI is InChI=1S/C7H10O2S2/c1-2-3-9-7-5-11-10-4-6(7)8/h1,6-8H,3-5H2/t6-,7+/m0/s1. The summed E-state index contributed by atoms with van der Waals surface area (Å²) in [4.78, 5) is 0. The van der Waals surface area contributed by atoms with Gasteiger partial charge in [-0.25, -0.2) is 0 Å². The van der Waals surface area contributed by atoms with E-state index in [0.717, 1.165) is 11.5 Å². The lowest BCUT2D eigenvalue weighted by Crippen LogP contribution is -2.35. The normalized spacial score (nSPS) is 31.3. The molecule has 1 rings (SSSR count). The van der Waals surface area contributed by atoms with E-state index < -0.39 is 0 Å². The molecule has 1 aliphatic rings. The van der Waals surface area contributed by atoms with Crippen molar-refractivity contribution in [3.05, 3.63) is 0 Å². The van der Waals surface area contributed by atoms with Crippen LogP contribution in [0.2, 0.25) is 0 Å². The fourth-order valence-electron chi connectivity index (χ4n) is 0.766. The first kappa shape index (κ1) is 9.27. The summed E-state index contributed by atoms with van der Waals surface area (Å²) in [6.45, 7) is 0.299. The van der Waals surface area contributed by atoms with Crippen LogP contribution in [0.3, 0.4) is 0 Å². The Labute approximate surface area is 74.5 Å². The molecule has 1 N–H and O–H groups in total. The third-order valence-electron chi connectivity index (χ3n) is 1.36. The van der Waals surface area contributed by atoms with Crippen molar-refractivity contribution in [2.75, 3.05) is 18.1 Å². The summed E-state index contributed by atoms with van der Waals surface area (Å²) < 4.78 is 5.22. The Kier molecular flexibility index (Phi) is 4.16. The van der Waals surface area contributed by atoms with Gasteiger partial charge in [-0.3, -0.25) is 0 Å². The van der Waals surface area contributed by atoms with Crippen molar-refractivity contribution in [3.8, 4) is 12.3 Å². The van der Waals surface area contributed by atoms with Crippen LogP contribution in [0.15, 0.2) is 0 Å². The van der Waals surface area contributed by atoms with Gasteiger partial charge in [0.05, 0.1) is 12.2 Å². The van der Waals surface area contributed by atoms with Gasteiger partial charge in [0, 0.05) is 11.5 Å². The van der Waals surface area contributed by atoms with Crippen molar-refractivity contribution < 1.29 is 9.84 Å². The zero-order valence-electron chi connectivity index (χ0n) is 6.03. The molecule has 1 heterocycles. The summed E-state index contributed by atoms with van der Waals surface area (Å²) in [5.41, 5.74) is 0. The van der Waals surface area contributed by atoms with E-state index in [1.165, 1.54) is 0 Å². The van der Waals surface area contributed by atoms with Gasteiger partial charge in [-0.2, -0.15) is 0 Å². The average molecular weight is 190 g/mol. The molecule has 0 amide bonds. The molecular formula is C7H10O2S2.